The topological polar surface area (TPSA) is 60.9 Å². The molecule has 0 spiro atoms. The maximum atomic E-state index is 10.8. The minimum absolute atomic E-state index is 0.709. The molecule has 0 aliphatic carbocycles. The molecular formula is C13H17N3O. The van der Waals surface area contributed by atoms with Crippen LogP contribution in [-0.4, -0.2) is 28.2 Å². The van der Waals surface area contributed by atoms with E-state index in [-0.39, 0.29) is 0 Å². The fourth-order valence-corrected chi connectivity index (χ4v) is 2.66. The molecule has 1 aliphatic heterocycles. The molecule has 0 atom stereocenters. The highest BCUT2D eigenvalue weighted by atomic mass is 16.3. The van der Waals surface area contributed by atoms with Gasteiger partial charge in [0, 0.05) is 17.3 Å². The fraction of sp³-hybridized carbons (Fsp3) is 0.462. The van der Waals surface area contributed by atoms with Crippen LogP contribution in [-0.2, 0) is 5.60 Å². The van der Waals surface area contributed by atoms with E-state index in [0.29, 0.717) is 0 Å². The SMILES string of the molecule is Cc1cc(C2(O)CCNCC2)c2cc[nH]c2n1. The Labute approximate surface area is 100 Å². The molecule has 1 saturated heterocycles. The van der Waals surface area contributed by atoms with Crippen molar-refractivity contribution in [3.63, 3.8) is 0 Å². The predicted octanol–water partition coefficient (Wildman–Crippen LogP) is 1.44. The van der Waals surface area contributed by atoms with Crippen LogP contribution in [0.15, 0.2) is 18.3 Å². The summed E-state index contributed by atoms with van der Waals surface area (Å²) in [5, 5.41) is 15.1. The van der Waals surface area contributed by atoms with Crippen molar-refractivity contribution < 1.29 is 5.11 Å². The molecule has 2 aromatic rings. The number of piperidine rings is 1. The zero-order chi connectivity index (χ0) is 11.9. The van der Waals surface area contributed by atoms with Gasteiger partial charge in [-0.25, -0.2) is 4.98 Å². The molecule has 0 bridgehead atoms. The molecule has 17 heavy (non-hydrogen) atoms. The molecule has 3 heterocycles. The number of nitrogens with one attached hydrogen (secondary N) is 2. The van der Waals surface area contributed by atoms with Crippen LogP contribution in [0.1, 0.15) is 24.1 Å². The Morgan fingerprint density at radius 2 is 2.12 bits per heavy atom. The lowest BCUT2D eigenvalue weighted by Crippen LogP contribution is -2.39. The zero-order valence-corrected chi connectivity index (χ0v) is 9.95. The first-order valence-electron chi connectivity index (χ1n) is 6.07. The van der Waals surface area contributed by atoms with Gasteiger partial charge < -0.3 is 15.4 Å². The Morgan fingerprint density at radius 1 is 1.35 bits per heavy atom. The van der Waals surface area contributed by atoms with Crippen molar-refractivity contribution in [3.8, 4) is 0 Å². The van der Waals surface area contributed by atoms with Crippen molar-refractivity contribution in [3.05, 3.63) is 29.6 Å². The lowest BCUT2D eigenvalue weighted by molar-refractivity contribution is 0.00725. The van der Waals surface area contributed by atoms with Crippen LogP contribution < -0.4 is 5.32 Å². The fourth-order valence-electron chi connectivity index (χ4n) is 2.66. The Morgan fingerprint density at radius 3 is 2.88 bits per heavy atom. The highest BCUT2D eigenvalue weighted by Crippen LogP contribution is 2.34. The summed E-state index contributed by atoms with van der Waals surface area (Å²) in [7, 11) is 0. The van der Waals surface area contributed by atoms with E-state index in [9.17, 15) is 5.11 Å². The summed E-state index contributed by atoms with van der Waals surface area (Å²) in [6.45, 7) is 3.70. The first-order valence-corrected chi connectivity index (χ1v) is 6.07. The van der Waals surface area contributed by atoms with Crippen LogP contribution in [0.25, 0.3) is 11.0 Å². The molecule has 2 aromatic heterocycles. The third-order valence-electron chi connectivity index (χ3n) is 3.59. The van der Waals surface area contributed by atoms with Gasteiger partial charge in [-0.05, 0) is 50.6 Å². The van der Waals surface area contributed by atoms with E-state index in [1.165, 1.54) is 0 Å². The van der Waals surface area contributed by atoms with Gasteiger partial charge in [-0.15, -0.1) is 0 Å². The Balaban J connectivity index is 2.18. The monoisotopic (exact) mass is 231 g/mol. The summed E-state index contributed by atoms with van der Waals surface area (Å²) in [6, 6.07) is 4.01. The van der Waals surface area contributed by atoms with Crippen LogP contribution in [0.3, 0.4) is 0 Å². The number of hydrogen-bond acceptors (Lipinski definition) is 3. The number of H-pyrrole nitrogens is 1. The second-order valence-corrected chi connectivity index (χ2v) is 4.83. The van der Waals surface area contributed by atoms with E-state index in [2.05, 4.69) is 15.3 Å². The van der Waals surface area contributed by atoms with Crippen LogP contribution in [0, 0.1) is 6.92 Å². The van der Waals surface area contributed by atoms with E-state index < -0.39 is 5.60 Å². The minimum Gasteiger partial charge on any atom is -0.385 e. The quantitative estimate of drug-likeness (QED) is 0.696. The van der Waals surface area contributed by atoms with Crippen molar-refractivity contribution in [2.75, 3.05) is 13.1 Å². The number of nitrogens with zero attached hydrogens (tertiary/aromatic N) is 1. The molecule has 0 aromatic carbocycles. The van der Waals surface area contributed by atoms with Crippen molar-refractivity contribution >= 4 is 11.0 Å². The van der Waals surface area contributed by atoms with Crippen LogP contribution in [0.5, 0.6) is 0 Å². The van der Waals surface area contributed by atoms with E-state index in [4.69, 9.17) is 0 Å². The Hall–Kier alpha value is -1.39. The maximum absolute atomic E-state index is 10.8. The minimum atomic E-state index is -0.709. The molecule has 3 N–H and O–H groups in total. The normalized spacial score (nSPS) is 19.6. The number of hydrogen-bond donors (Lipinski definition) is 3. The third-order valence-corrected chi connectivity index (χ3v) is 3.59. The average molecular weight is 231 g/mol. The molecule has 0 saturated carbocycles. The summed E-state index contributed by atoms with van der Waals surface area (Å²) in [4.78, 5) is 7.56. The number of fused-ring (bicyclic) bond motifs is 1. The molecule has 4 nitrogen and oxygen atoms in total. The molecule has 0 radical (unpaired) electrons. The van der Waals surface area contributed by atoms with Gasteiger partial charge in [-0.1, -0.05) is 0 Å². The number of rotatable bonds is 1. The summed E-state index contributed by atoms with van der Waals surface area (Å²) < 4.78 is 0. The molecule has 1 fully saturated rings. The number of aromatic nitrogens is 2. The van der Waals surface area contributed by atoms with E-state index in [1.54, 1.807) is 0 Å². The lowest BCUT2D eigenvalue weighted by Gasteiger charge is -2.33. The number of aliphatic hydroxyl groups is 1. The third kappa shape index (κ3) is 1.73. The number of aryl methyl sites for hydroxylation is 1. The number of pyridine rings is 1. The van der Waals surface area contributed by atoms with E-state index in [1.807, 2.05) is 25.3 Å². The maximum Gasteiger partial charge on any atom is 0.137 e. The van der Waals surface area contributed by atoms with Crippen molar-refractivity contribution in [2.45, 2.75) is 25.4 Å². The molecule has 90 valence electrons. The summed E-state index contributed by atoms with van der Waals surface area (Å²) in [5.74, 6) is 0. The van der Waals surface area contributed by atoms with Crippen LogP contribution >= 0.6 is 0 Å². The van der Waals surface area contributed by atoms with Crippen LogP contribution in [0.4, 0.5) is 0 Å². The average Bonchev–Trinajstić information content (AvgIpc) is 2.76. The number of aromatic amines is 1. The van der Waals surface area contributed by atoms with Crippen molar-refractivity contribution in [2.24, 2.45) is 0 Å². The summed E-state index contributed by atoms with van der Waals surface area (Å²) in [6.07, 6.45) is 3.40. The second kappa shape index (κ2) is 3.82. The molecule has 1 aliphatic rings. The second-order valence-electron chi connectivity index (χ2n) is 4.83. The first-order chi connectivity index (χ1) is 8.19. The van der Waals surface area contributed by atoms with Gasteiger partial charge in [0.2, 0.25) is 0 Å². The molecule has 0 amide bonds. The van der Waals surface area contributed by atoms with Crippen molar-refractivity contribution in [1.82, 2.24) is 15.3 Å². The van der Waals surface area contributed by atoms with Gasteiger partial charge in [0.1, 0.15) is 5.65 Å². The Bertz CT molecular complexity index is 541. The van der Waals surface area contributed by atoms with E-state index >= 15 is 0 Å². The largest absolute Gasteiger partial charge is 0.385 e. The van der Waals surface area contributed by atoms with Gasteiger partial charge in [-0.2, -0.15) is 0 Å². The summed E-state index contributed by atoms with van der Waals surface area (Å²) >= 11 is 0. The van der Waals surface area contributed by atoms with Gasteiger partial charge in [0.25, 0.3) is 0 Å². The molecule has 4 heteroatoms. The molecule has 0 unspecified atom stereocenters. The predicted molar refractivity (Wildman–Crippen MR) is 66.8 cm³/mol. The lowest BCUT2D eigenvalue weighted by atomic mass is 9.84. The van der Waals surface area contributed by atoms with Crippen LogP contribution in [0.2, 0.25) is 0 Å². The molecule has 3 rings (SSSR count). The van der Waals surface area contributed by atoms with Gasteiger partial charge in [-0.3, -0.25) is 0 Å². The molecular weight excluding hydrogens is 214 g/mol. The van der Waals surface area contributed by atoms with Gasteiger partial charge in [0.05, 0.1) is 5.60 Å². The van der Waals surface area contributed by atoms with Gasteiger partial charge >= 0.3 is 0 Å². The standard InChI is InChI=1S/C13H17N3O/c1-9-8-11(10-2-5-15-12(10)16-9)13(17)3-6-14-7-4-13/h2,5,8,14,17H,3-4,6-7H2,1H3,(H,15,16). The van der Waals surface area contributed by atoms with Crippen molar-refractivity contribution in [1.29, 1.82) is 0 Å². The summed E-state index contributed by atoms with van der Waals surface area (Å²) in [5.41, 5.74) is 2.12. The zero-order valence-electron chi connectivity index (χ0n) is 9.95. The first kappa shape index (κ1) is 10.7. The Kier molecular flexibility index (Phi) is 2.42. The highest BCUT2D eigenvalue weighted by molar-refractivity contribution is 5.80. The van der Waals surface area contributed by atoms with E-state index in [0.717, 1.165) is 48.2 Å². The van der Waals surface area contributed by atoms with Gasteiger partial charge in [0.15, 0.2) is 0 Å². The highest BCUT2D eigenvalue weighted by Gasteiger charge is 2.33. The smallest absolute Gasteiger partial charge is 0.137 e.